The number of alkyl halides is 1. The number of hydrogen-bond acceptors (Lipinski definition) is 2. The second kappa shape index (κ2) is 5.66. The lowest BCUT2D eigenvalue weighted by Gasteiger charge is -2.09. The molecule has 0 bridgehead atoms. The van der Waals surface area contributed by atoms with Crippen LogP contribution >= 0.6 is 27.5 Å². The maximum Gasteiger partial charge on any atom is 0.167 e. The van der Waals surface area contributed by atoms with E-state index in [1.165, 1.54) is 13.2 Å². The molecule has 0 saturated carbocycles. The third-order valence-electron chi connectivity index (χ3n) is 3.18. The Morgan fingerprint density at radius 1 is 1.33 bits per heavy atom. The highest BCUT2D eigenvalue weighted by Gasteiger charge is 2.15. The second-order valence-corrected chi connectivity index (χ2v) is 5.64. The number of ether oxygens (including phenoxy) is 1. The van der Waals surface area contributed by atoms with E-state index in [2.05, 4.69) is 20.9 Å². The number of rotatable bonds is 3. The van der Waals surface area contributed by atoms with Gasteiger partial charge in [-0.2, -0.15) is 0 Å². The molecule has 0 spiro atoms. The van der Waals surface area contributed by atoms with Gasteiger partial charge in [0.2, 0.25) is 0 Å². The van der Waals surface area contributed by atoms with Crippen LogP contribution in [0.5, 0.6) is 5.75 Å². The average molecular weight is 370 g/mol. The molecule has 3 aromatic rings. The second-order valence-electron chi connectivity index (χ2n) is 4.45. The van der Waals surface area contributed by atoms with Crippen LogP contribution in [0, 0.1) is 5.82 Å². The van der Waals surface area contributed by atoms with Gasteiger partial charge in [0.1, 0.15) is 5.82 Å². The van der Waals surface area contributed by atoms with Crippen LogP contribution in [0.4, 0.5) is 4.39 Å². The summed E-state index contributed by atoms with van der Waals surface area (Å²) in [5.41, 5.74) is 2.20. The van der Waals surface area contributed by atoms with Crippen molar-refractivity contribution in [3.8, 4) is 11.4 Å². The van der Waals surface area contributed by atoms with Gasteiger partial charge in [-0.1, -0.05) is 22.0 Å². The maximum atomic E-state index is 13.8. The standard InChI is InChI=1S/C15H11BrClFN2O/c1-21-14-7-13-12(6-11(14)18)19-15(8-17)20(13)10-4-2-3-9(16)5-10/h2-7H,8H2,1H3. The quantitative estimate of drug-likeness (QED) is 0.627. The van der Waals surface area contributed by atoms with Crippen molar-refractivity contribution in [3.05, 3.63) is 52.5 Å². The molecule has 0 aliphatic carbocycles. The fourth-order valence-corrected chi connectivity index (χ4v) is 2.84. The highest BCUT2D eigenvalue weighted by atomic mass is 79.9. The van der Waals surface area contributed by atoms with Crippen molar-refractivity contribution in [2.24, 2.45) is 0 Å². The van der Waals surface area contributed by atoms with E-state index in [4.69, 9.17) is 16.3 Å². The molecule has 0 amide bonds. The minimum Gasteiger partial charge on any atom is -0.494 e. The van der Waals surface area contributed by atoms with E-state index in [1.54, 1.807) is 6.07 Å². The third-order valence-corrected chi connectivity index (χ3v) is 3.92. The zero-order chi connectivity index (χ0) is 15.0. The summed E-state index contributed by atoms with van der Waals surface area (Å²) in [6.07, 6.45) is 0. The van der Waals surface area contributed by atoms with Gasteiger partial charge in [0.15, 0.2) is 11.6 Å². The molecule has 1 heterocycles. The fraction of sp³-hybridized carbons (Fsp3) is 0.133. The number of aromatic nitrogens is 2. The first kappa shape index (κ1) is 14.4. The number of hydrogen-bond donors (Lipinski definition) is 0. The van der Waals surface area contributed by atoms with E-state index in [0.29, 0.717) is 11.3 Å². The fourth-order valence-electron chi connectivity index (χ4n) is 2.28. The van der Waals surface area contributed by atoms with E-state index >= 15 is 0 Å². The zero-order valence-corrected chi connectivity index (χ0v) is 13.4. The highest BCUT2D eigenvalue weighted by molar-refractivity contribution is 9.10. The van der Waals surface area contributed by atoms with Gasteiger partial charge in [0.25, 0.3) is 0 Å². The summed E-state index contributed by atoms with van der Waals surface area (Å²) < 4.78 is 21.7. The van der Waals surface area contributed by atoms with Crippen LogP contribution in [0.25, 0.3) is 16.7 Å². The molecule has 0 aliphatic heterocycles. The first-order valence-electron chi connectivity index (χ1n) is 6.21. The summed E-state index contributed by atoms with van der Waals surface area (Å²) in [7, 11) is 1.44. The van der Waals surface area contributed by atoms with Crippen LogP contribution in [0.15, 0.2) is 40.9 Å². The monoisotopic (exact) mass is 368 g/mol. The molecule has 0 saturated heterocycles. The Labute approximate surface area is 134 Å². The minimum atomic E-state index is -0.440. The van der Waals surface area contributed by atoms with Crippen LogP contribution in [0.1, 0.15) is 5.82 Å². The molecule has 3 nitrogen and oxygen atoms in total. The average Bonchev–Trinajstić information content (AvgIpc) is 2.83. The normalized spacial score (nSPS) is 11.0. The molecule has 2 aromatic carbocycles. The topological polar surface area (TPSA) is 27.1 Å². The van der Waals surface area contributed by atoms with Gasteiger partial charge >= 0.3 is 0 Å². The minimum absolute atomic E-state index is 0.180. The molecule has 0 atom stereocenters. The van der Waals surface area contributed by atoms with Crippen molar-refractivity contribution in [2.45, 2.75) is 5.88 Å². The lowest BCUT2D eigenvalue weighted by molar-refractivity contribution is 0.387. The molecule has 0 unspecified atom stereocenters. The molecule has 0 radical (unpaired) electrons. The van der Waals surface area contributed by atoms with Crippen molar-refractivity contribution in [1.29, 1.82) is 0 Å². The number of benzene rings is 2. The molecule has 21 heavy (non-hydrogen) atoms. The zero-order valence-electron chi connectivity index (χ0n) is 11.1. The molecule has 3 rings (SSSR count). The molecule has 0 fully saturated rings. The predicted molar refractivity (Wildman–Crippen MR) is 84.8 cm³/mol. The van der Waals surface area contributed by atoms with Gasteiger partial charge < -0.3 is 4.74 Å². The van der Waals surface area contributed by atoms with Crippen molar-refractivity contribution in [1.82, 2.24) is 9.55 Å². The first-order valence-corrected chi connectivity index (χ1v) is 7.53. The first-order chi connectivity index (χ1) is 10.1. The lowest BCUT2D eigenvalue weighted by Crippen LogP contribution is -1.99. The number of fused-ring (bicyclic) bond motifs is 1. The molecule has 1 aromatic heterocycles. The number of halogens is 3. The SMILES string of the molecule is COc1cc2c(cc1F)nc(CCl)n2-c1cccc(Br)c1. The maximum absolute atomic E-state index is 13.8. The van der Waals surface area contributed by atoms with Gasteiger partial charge in [-0.15, -0.1) is 11.6 Å². The summed E-state index contributed by atoms with van der Waals surface area (Å²) in [4.78, 5) is 4.39. The van der Waals surface area contributed by atoms with Crippen molar-refractivity contribution in [3.63, 3.8) is 0 Å². The summed E-state index contributed by atoms with van der Waals surface area (Å²) in [6, 6.07) is 10.7. The van der Waals surface area contributed by atoms with Gasteiger partial charge in [0.05, 0.1) is 24.0 Å². The van der Waals surface area contributed by atoms with E-state index in [1.807, 2.05) is 28.8 Å². The summed E-state index contributed by atoms with van der Waals surface area (Å²) in [5, 5.41) is 0. The highest BCUT2D eigenvalue weighted by Crippen LogP contribution is 2.29. The molecule has 6 heteroatoms. The third kappa shape index (κ3) is 2.51. The Morgan fingerprint density at radius 3 is 2.81 bits per heavy atom. The van der Waals surface area contributed by atoms with Crippen LogP contribution in [-0.2, 0) is 5.88 Å². The van der Waals surface area contributed by atoms with Crippen LogP contribution < -0.4 is 4.74 Å². The Morgan fingerprint density at radius 2 is 2.14 bits per heavy atom. The van der Waals surface area contributed by atoms with E-state index in [-0.39, 0.29) is 11.6 Å². The largest absolute Gasteiger partial charge is 0.494 e. The van der Waals surface area contributed by atoms with Crippen LogP contribution in [0.3, 0.4) is 0 Å². The van der Waals surface area contributed by atoms with Gasteiger partial charge in [-0.05, 0) is 18.2 Å². The Hall–Kier alpha value is -1.59. The summed E-state index contributed by atoms with van der Waals surface area (Å²) in [6.45, 7) is 0. The molecular formula is C15H11BrClFN2O. The van der Waals surface area contributed by atoms with Gasteiger partial charge in [-0.3, -0.25) is 4.57 Å². The number of methoxy groups -OCH3 is 1. The Balaban J connectivity index is 2.34. The summed E-state index contributed by atoms with van der Waals surface area (Å²) in [5.74, 6) is 0.618. The molecule has 108 valence electrons. The van der Waals surface area contributed by atoms with E-state index < -0.39 is 5.82 Å². The molecule has 0 N–H and O–H groups in total. The molecule has 0 aliphatic rings. The lowest BCUT2D eigenvalue weighted by atomic mass is 10.2. The predicted octanol–water partition coefficient (Wildman–Crippen LogP) is 4.67. The Kier molecular flexibility index (Phi) is 3.87. The Bertz CT molecular complexity index is 819. The molecular weight excluding hydrogens is 359 g/mol. The van der Waals surface area contributed by atoms with Crippen molar-refractivity contribution >= 4 is 38.6 Å². The number of imidazole rings is 1. The van der Waals surface area contributed by atoms with Crippen LogP contribution in [0.2, 0.25) is 0 Å². The summed E-state index contributed by atoms with van der Waals surface area (Å²) >= 11 is 9.43. The van der Waals surface area contributed by atoms with Crippen molar-refractivity contribution in [2.75, 3.05) is 7.11 Å². The van der Waals surface area contributed by atoms with Gasteiger partial charge in [0, 0.05) is 22.3 Å². The smallest absolute Gasteiger partial charge is 0.167 e. The number of nitrogens with zero attached hydrogens (tertiary/aromatic N) is 2. The van der Waals surface area contributed by atoms with Crippen LogP contribution in [-0.4, -0.2) is 16.7 Å². The van der Waals surface area contributed by atoms with Crippen molar-refractivity contribution < 1.29 is 9.13 Å². The van der Waals surface area contributed by atoms with E-state index in [0.717, 1.165) is 15.7 Å². The van der Waals surface area contributed by atoms with Gasteiger partial charge in [-0.25, -0.2) is 9.37 Å². The van der Waals surface area contributed by atoms with E-state index in [9.17, 15) is 4.39 Å².